The molecular formula is C13H26N2O2. The van der Waals surface area contributed by atoms with Crippen LogP contribution in [0, 0.1) is 11.8 Å². The smallest absolute Gasteiger partial charge is 0.407 e. The lowest BCUT2D eigenvalue weighted by Gasteiger charge is -2.30. The van der Waals surface area contributed by atoms with Crippen molar-refractivity contribution in [2.75, 3.05) is 13.2 Å². The van der Waals surface area contributed by atoms with Gasteiger partial charge in [-0.3, -0.25) is 0 Å². The van der Waals surface area contributed by atoms with Crippen molar-refractivity contribution < 1.29 is 9.53 Å². The Morgan fingerprint density at radius 3 is 2.41 bits per heavy atom. The van der Waals surface area contributed by atoms with Gasteiger partial charge in [-0.1, -0.05) is 12.8 Å². The standard InChI is InChI=1S/C13H26N2O2/c1-13(2,3)15-12(16)17-9-11-7-5-4-6-10(11)8-14/h10-11H,4-9,14H2,1-3H3,(H,15,16). The third-order valence-corrected chi connectivity index (χ3v) is 3.27. The minimum absolute atomic E-state index is 0.239. The molecule has 17 heavy (non-hydrogen) atoms. The molecule has 0 radical (unpaired) electrons. The highest BCUT2D eigenvalue weighted by Crippen LogP contribution is 2.29. The summed E-state index contributed by atoms with van der Waals surface area (Å²) >= 11 is 0. The molecule has 2 atom stereocenters. The monoisotopic (exact) mass is 242 g/mol. The molecule has 1 saturated carbocycles. The maximum atomic E-state index is 11.5. The van der Waals surface area contributed by atoms with Crippen LogP contribution in [0.1, 0.15) is 46.5 Å². The Labute approximate surface area is 104 Å². The summed E-state index contributed by atoms with van der Waals surface area (Å²) in [6, 6.07) is 0. The van der Waals surface area contributed by atoms with Crippen molar-refractivity contribution in [3.63, 3.8) is 0 Å². The summed E-state index contributed by atoms with van der Waals surface area (Å²) in [6.45, 7) is 7.03. The fourth-order valence-corrected chi connectivity index (χ4v) is 2.34. The van der Waals surface area contributed by atoms with E-state index in [-0.39, 0.29) is 11.6 Å². The van der Waals surface area contributed by atoms with Crippen LogP contribution >= 0.6 is 0 Å². The Balaban J connectivity index is 2.31. The van der Waals surface area contributed by atoms with Gasteiger partial charge < -0.3 is 15.8 Å². The molecule has 0 aromatic heterocycles. The number of ether oxygens (including phenoxy) is 1. The Morgan fingerprint density at radius 1 is 1.29 bits per heavy atom. The molecule has 4 heteroatoms. The number of carbonyl (C=O) groups is 1. The van der Waals surface area contributed by atoms with Crippen LogP contribution in [0.4, 0.5) is 4.79 Å². The van der Waals surface area contributed by atoms with Gasteiger partial charge in [-0.25, -0.2) is 4.79 Å². The quantitative estimate of drug-likeness (QED) is 0.798. The number of carbonyl (C=O) groups excluding carboxylic acids is 1. The summed E-state index contributed by atoms with van der Waals surface area (Å²) in [4.78, 5) is 11.5. The van der Waals surface area contributed by atoms with Crippen LogP contribution in [0.15, 0.2) is 0 Å². The number of hydrogen-bond donors (Lipinski definition) is 2. The van der Waals surface area contributed by atoms with Crippen LogP contribution < -0.4 is 11.1 Å². The molecule has 0 bridgehead atoms. The van der Waals surface area contributed by atoms with Gasteiger partial charge in [0.2, 0.25) is 0 Å². The van der Waals surface area contributed by atoms with E-state index in [9.17, 15) is 4.79 Å². The molecule has 3 N–H and O–H groups in total. The molecule has 1 rings (SSSR count). The Hall–Kier alpha value is -0.770. The molecule has 0 aromatic rings. The lowest BCUT2D eigenvalue weighted by atomic mass is 9.80. The molecule has 0 spiro atoms. The van der Waals surface area contributed by atoms with Crippen LogP contribution in [0.2, 0.25) is 0 Å². The highest BCUT2D eigenvalue weighted by molar-refractivity contribution is 5.68. The van der Waals surface area contributed by atoms with E-state index in [4.69, 9.17) is 10.5 Å². The van der Waals surface area contributed by atoms with Crippen molar-refractivity contribution in [1.82, 2.24) is 5.32 Å². The number of hydrogen-bond acceptors (Lipinski definition) is 3. The second-order valence-corrected chi connectivity index (χ2v) is 6.01. The second-order valence-electron chi connectivity index (χ2n) is 6.01. The third-order valence-electron chi connectivity index (χ3n) is 3.27. The van der Waals surface area contributed by atoms with Crippen LogP contribution in [-0.4, -0.2) is 24.8 Å². The van der Waals surface area contributed by atoms with Gasteiger partial charge in [0, 0.05) is 5.54 Å². The van der Waals surface area contributed by atoms with Gasteiger partial charge in [-0.2, -0.15) is 0 Å². The summed E-state index contributed by atoms with van der Waals surface area (Å²) in [6.07, 6.45) is 4.47. The fraction of sp³-hybridized carbons (Fsp3) is 0.923. The van der Waals surface area contributed by atoms with E-state index < -0.39 is 0 Å². The average molecular weight is 242 g/mol. The SMILES string of the molecule is CC(C)(C)NC(=O)OCC1CCCCC1CN. The molecule has 100 valence electrons. The Morgan fingerprint density at radius 2 is 1.88 bits per heavy atom. The van der Waals surface area contributed by atoms with E-state index in [1.807, 2.05) is 20.8 Å². The minimum atomic E-state index is -0.321. The van der Waals surface area contributed by atoms with Crippen molar-refractivity contribution in [1.29, 1.82) is 0 Å². The van der Waals surface area contributed by atoms with Gasteiger partial charge in [0.15, 0.2) is 0 Å². The lowest BCUT2D eigenvalue weighted by molar-refractivity contribution is 0.0892. The first kappa shape index (κ1) is 14.3. The summed E-state index contributed by atoms with van der Waals surface area (Å²) in [5.41, 5.74) is 5.51. The molecule has 0 aromatic carbocycles. The van der Waals surface area contributed by atoms with Gasteiger partial charge in [0.25, 0.3) is 0 Å². The predicted molar refractivity (Wildman–Crippen MR) is 68.7 cm³/mol. The molecule has 1 fully saturated rings. The average Bonchev–Trinajstić information content (AvgIpc) is 2.24. The highest BCUT2D eigenvalue weighted by atomic mass is 16.5. The van der Waals surface area contributed by atoms with E-state index in [2.05, 4.69) is 5.32 Å². The number of alkyl carbamates (subject to hydrolysis) is 1. The largest absolute Gasteiger partial charge is 0.449 e. The number of rotatable bonds is 3. The van der Waals surface area contributed by atoms with Crippen LogP contribution in [0.25, 0.3) is 0 Å². The van der Waals surface area contributed by atoms with Crippen LogP contribution in [0.5, 0.6) is 0 Å². The maximum Gasteiger partial charge on any atom is 0.407 e. The molecule has 0 aliphatic heterocycles. The van der Waals surface area contributed by atoms with Crippen LogP contribution in [-0.2, 0) is 4.74 Å². The summed E-state index contributed by atoms with van der Waals surface area (Å²) in [5.74, 6) is 0.964. The molecule has 2 unspecified atom stereocenters. The third kappa shape index (κ3) is 5.39. The van der Waals surface area contributed by atoms with E-state index in [1.165, 1.54) is 19.3 Å². The normalized spacial score (nSPS) is 25.4. The Bertz CT molecular complexity index is 248. The maximum absolute atomic E-state index is 11.5. The fourth-order valence-electron chi connectivity index (χ4n) is 2.34. The summed E-state index contributed by atoms with van der Waals surface area (Å²) in [5, 5.41) is 2.80. The number of nitrogens with one attached hydrogen (secondary N) is 1. The van der Waals surface area contributed by atoms with Crippen molar-refractivity contribution in [3.8, 4) is 0 Å². The van der Waals surface area contributed by atoms with Crippen molar-refractivity contribution in [2.24, 2.45) is 17.6 Å². The first-order valence-corrected chi connectivity index (χ1v) is 6.57. The second kappa shape index (κ2) is 6.24. The van der Waals surface area contributed by atoms with E-state index >= 15 is 0 Å². The zero-order chi connectivity index (χ0) is 12.9. The number of nitrogens with two attached hydrogens (primary N) is 1. The molecule has 4 nitrogen and oxygen atoms in total. The summed E-state index contributed by atoms with van der Waals surface area (Å²) < 4.78 is 5.28. The first-order chi connectivity index (χ1) is 7.92. The minimum Gasteiger partial charge on any atom is -0.449 e. The highest BCUT2D eigenvalue weighted by Gasteiger charge is 2.25. The predicted octanol–water partition coefficient (Wildman–Crippen LogP) is 2.28. The topological polar surface area (TPSA) is 64.3 Å². The van der Waals surface area contributed by atoms with E-state index in [0.29, 0.717) is 25.0 Å². The van der Waals surface area contributed by atoms with Gasteiger partial charge in [-0.05, 0) is 52.0 Å². The zero-order valence-electron chi connectivity index (χ0n) is 11.3. The van der Waals surface area contributed by atoms with Gasteiger partial charge in [-0.15, -0.1) is 0 Å². The lowest BCUT2D eigenvalue weighted by Crippen LogP contribution is -2.42. The van der Waals surface area contributed by atoms with Crippen molar-refractivity contribution >= 4 is 6.09 Å². The van der Waals surface area contributed by atoms with E-state index in [0.717, 1.165) is 6.42 Å². The van der Waals surface area contributed by atoms with E-state index in [1.54, 1.807) is 0 Å². The van der Waals surface area contributed by atoms with Crippen molar-refractivity contribution in [3.05, 3.63) is 0 Å². The molecule has 1 amide bonds. The van der Waals surface area contributed by atoms with Crippen molar-refractivity contribution in [2.45, 2.75) is 52.0 Å². The first-order valence-electron chi connectivity index (χ1n) is 6.57. The molecule has 0 heterocycles. The zero-order valence-corrected chi connectivity index (χ0v) is 11.3. The number of amides is 1. The van der Waals surface area contributed by atoms with Gasteiger partial charge in [0.05, 0.1) is 6.61 Å². The summed E-state index contributed by atoms with van der Waals surface area (Å²) in [7, 11) is 0. The molecule has 1 aliphatic rings. The molecule has 1 aliphatic carbocycles. The van der Waals surface area contributed by atoms with Gasteiger partial charge >= 0.3 is 6.09 Å². The van der Waals surface area contributed by atoms with Crippen LogP contribution in [0.3, 0.4) is 0 Å². The molecule has 0 saturated heterocycles. The van der Waals surface area contributed by atoms with Gasteiger partial charge in [0.1, 0.15) is 0 Å². The Kier molecular flexibility index (Phi) is 5.25. The molecular weight excluding hydrogens is 216 g/mol.